The molecule has 190 valence electrons. The van der Waals surface area contributed by atoms with E-state index in [2.05, 4.69) is 39.2 Å². The van der Waals surface area contributed by atoms with E-state index >= 15 is 0 Å². The molecule has 0 aliphatic heterocycles. The van der Waals surface area contributed by atoms with Crippen molar-refractivity contribution in [2.45, 2.75) is 70.8 Å². The van der Waals surface area contributed by atoms with Crippen molar-refractivity contribution in [3.63, 3.8) is 0 Å². The fourth-order valence-corrected chi connectivity index (χ4v) is 5.39. The van der Waals surface area contributed by atoms with Gasteiger partial charge in [-0.25, -0.2) is 4.79 Å². The maximum absolute atomic E-state index is 11.4. The Balaban J connectivity index is 1.11. The summed E-state index contributed by atoms with van der Waals surface area (Å²) in [6.07, 6.45) is 9.85. The molecule has 0 bridgehead atoms. The van der Waals surface area contributed by atoms with E-state index in [9.17, 15) is 15.0 Å². The first kappa shape index (κ1) is 25.3. The number of hydrogen-bond donors (Lipinski definition) is 5. The molecule has 1 atom stereocenters. The van der Waals surface area contributed by atoms with Crippen molar-refractivity contribution >= 4 is 11.0 Å². The number of nitrogens with zero attached hydrogens (tertiary/aromatic N) is 1. The zero-order valence-corrected chi connectivity index (χ0v) is 20.9. The molecule has 35 heavy (non-hydrogen) atoms. The smallest absolute Gasteiger partial charge is 0.323 e. The standard InChI is InChI=1S/C28H40N4O3/c1-2-16-32(22-9-10-23-21(19-22)8-12-26(33)27(23)34)17-6-4-3-5-14-29-15-13-20-7-11-24-25(18-20)31-28(35)30-24/h7-8,11-12,18,22,29,33-34H,2-6,9-10,13-17,19H2,1H3,(H2,30,31,35)/t22-/m0/s1. The molecule has 0 fully saturated rings. The normalized spacial score (nSPS) is 15.7. The molecule has 1 aliphatic rings. The van der Waals surface area contributed by atoms with Crippen molar-refractivity contribution in [3.8, 4) is 11.5 Å². The zero-order valence-electron chi connectivity index (χ0n) is 20.9. The Hall–Kier alpha value is -2.77. The summed E-state index contributed by atoms with van der Waals surface area (Å²) in [6.45, 7) is 6.48. The highest BCUT2D eigenvalue weighted by Gasteiger charge is 2.26. The molecule has 3 aromatic rings. The molecule has 1 aliphatic carbocycles. The van der Waals surface area contributed by atoms with Gasteiger partial charge in [-0.05, 0) is 100 Å². The summed E-state index contributed by atoms with van der Waals surface area (Å²) >= 11 is 0. The molecule has 1 aromatic heterocycles. The third-order valence-electron chi connectivity index (χ3n) is 7.29. The predicted octanol–water partition coefficient (Wildman–Crippen LogP) is 4.23. The quantitative estimate of drug-likeness (QED) is 0.186. The van der Waals surface area contributed by atoms with Gasteiger partial charge < -0.3 is 30.4 Å². The van der Waals surface area contributed by atoms with Crippen molar-refractivity contribution in [1.29, 1.82) is 0 Å². The second-order valence-corrected chi connectivity index (χ2v) is 9.88. The van der Waals surface area contributed by atoms with Crippen LogP contribution in [0.3, 0.4) is 0 Å². The number of imidazole rings is 1. The molecule has 1 heterocycles. The van der Waals surface area contributed by atoms with Crippen LogP contribution in [0, 0.1) is 0 Å². The maximum Gasteiger partial charge on any atom is 0.323 e. The number of hydrogen-bond acceptors (Lipinski definition) is 5. The number of phenols is 2. The highest BCUT2D eigenvalue weighted by atomic mass is 16.3. The summed E-state index contributed by atoms with van der Waals surface area (Å²) in [6, 6.07) is 10.2. The number of aromatic amines is 2. The van der Waals surface area contributed by atoms with E-state index < -0.39 is 0 Å². The minimum atomic E-state index is -0.154. The van der Waals surface area contributed by atoms with E-state index in [-0.39, 0.29) is 17.2 Å². The summed E-state index contributed by atoms with van der Waals surface area (Å²) in [5.41, 5.74) is 4.93. The number of rotatable bonds is 13. The van der Waals surface area contributed by atoms with Crippen molar-refractivity contribution < 1.29 is 10.2 Å². The molecule has 7 heteroatoms. The Morgan fingerprint density at radius 2 is 1.83 bits per heavy atom. The summed E-state index contributed by atoms with van der Waals surface area (Å²) in [5.74, 6) is 0.0764. The minimum absolute atomic E-state index is 0.00197. The lowest BCUT2D eigenvalue weighted by atomic mass is 9.86. The number of aromatic hydroxyl groups is 2. The lowest BCUT2D eigenvalue weighted by molar-refractivity contribution is 0.175. The SMILES string of the molecule is CCCN(CCCCCCNCCc1ccc2[nH]c(=O)[nH]c2c1)[C@H]1CCc2c(ccc(O)c2O)C1. The average molecular weight is 481 g/mol. The number of nitrogens with one attached hydrogen (secondary N) is 3. The van der Waals surface area contributed by atoms with Crippen molar-refractivity contribution in [2.75, 3.05) is 26.2 Å². The Bertz CT molecular complexity index is 1150. The van der Waals surface area contributed by atoms with Crippen LogP contribution in [0.2, 0.25) is 0 Å². The lowest BCUT2D eigenvalue weighted by Gasteiger charge is -2.35. The minimum Gasteiger partial charge on any atom is -0.504 e. The topological polar surface area (TPSA) is 104 Å². The van der Waals surface area contributed by atoms with Gasteiger partial charge in [0.1, 0.15) is 0 Å². The van der Waals surface area contributed by atoms with E-state index in [4.69, 9.17) is 0 Å². The van der Waals surface area contributed by atoms with E-state index in [1.54, 1.807) is 6.07 Å². The van der Waals surface area contributed by atoms with Crippen LogP contribution in [-0.2, 0) is 19.3 Å². The molecule has 0 amide bonds. The highest BCUT2D eigenvalue weighted by Crippen LogP contribution is 2.36. The summed E-state index contributed by atoms with van der Waals surface area (Å²) in [7, 11) is 0. The van der Waals surface area contributed by atoms with Gasteiger partial charge in [-0.1, -0.05) is 31.9 Å². The molecule has 4 rings (SSSR count). The van der Waals surface area contributed by atoms with Gasteiger partial charge in [0, 0.05) is 11.6 Å². The summed E-state index contributed by atoms with van der Waals surface area (Å²) < 4.78 is 0. The molecule has 2 aromatic carbocycles. The van der Waals surface area contributed by atoms with Crippen LogP contribution >= 0.6 is 0 Å². The molecule has 0 spiro atoms. The van der Waals surface area contributed by atoms with Gasteiger partial charge in [-0.15, -0.1) is 0 Å². The molecule has 0 saturated heterocycles. The number of benzene rings is 2. The van der Waals surface area contributed by atoms with Gasteiger partial charge in [0.25, 0.3) is 0 Å². The second kappa shape index (κ2) is 12.3. The van der Waals surface area contributed by atoms with Crippen molar-refractivity contribution in [3.05, 3.63) is 57.5 Å². The molecule has 0 radical (unpaired) electrons. The number of H-pyrrole nitrogens is 2. The maximum atomic E-state index is 11.4. The Labute approximate surface area is 207 Å². The lowest BCUT2D eigenvalue weighted by Crippen LogP contribution is -2.40. The summed E-state index contributed by atoms with van der Waals surface area (Å²) in [5, 5.41) is 23.5. The fourth-order valence-electron chi connectivity index (χ4n) is 5.39. The van der Waals surface area contributed by atoms with Gasteiger partial charge in [-0.3, -0.25) is 0 Å². The van der Waals surface area contributed by atoms with Gasteiger partial charge in [-0.2, -0.15) is 0 Å². The zero-order chi connectivity index (χ0) is 24.6. The van der Waals surface area contributed by atoms with Gasteiger partial charge in [0.15, 0.2) is 11.5 Å². The number of unbranched alkanes of at least 4 members (excludes halogenated alkanes) is 3. The van der Waals surface area contributed by atoms with E-state index in [1.807, 2.05) is 12.1 Å². The molecule has 0 saturated carbocycles. The van der Waals surface area contributed by atoms with Crippen LogP contribution in [0.1, 0.15) is 62.1 Å². The Morgan fingerprint density at radius 3 is 2.69 bits per heavy atom. The van der Waals surface area contributed by atoms with E-state index in [0.717, 1.165) is 74.9 Å². The van der Waals surface area contributed by atoms with Crippen LogP contribution in [0.5, 0.6) is 11.5 Å². The van der Waals surface area contributed by atoms with Gasteiger partial charge >= 0.3 is 5.69 Å². The van der Waals surface area contributed by atoms with Crippen LogP contribution in [0.25, 0.3) is 11.0 Å². The monoisotopic (exact) mass is 480 g/mol. The molecular weight excluding hydrogens is 440 g/mol. The number of phenolic OH excluding ortho intramolecular Hbond substituents is 2. The average Bonchev–Trinajstić information content (AvgIpc) is 3.23. The molecular formula is C28H40N4O3. The van der Waals surface area contributed by atoms with Crippen LogP contribution in [0.4, 0.5) is 0 Å². The number of aromatic nitrogens is 2. The highest BCUT2D eigenvalue weighted by molar-refractivity contribution is 5.75. The first-order valence-corrected chi connectivity index (χ1v) is 13.2. The Kier molecular flexibility index (Phi) is 8.88. The van der Waals surface area contributed by atoms with Gasteiger partial charge in [0.05, 0.1) is 11.0 Å². The number of fused-ring (bicyclic) bond motifs is 2. The van der Waals surface area contributed by atoms with Crippen LogP contribution in [-0.4, -0.2) is 57.3 Å². The third kappa shape index (κ3) is 6.67. The predicted molar refractivity (Wildman–Crippen MR) is 141 cm³/mol. The second-order valence-electron chi connectivity index (χ2n) is 9.88. The van der Waals surface area contributed by atoms with E-state index in [1.165, 1.54) is 36.8 Å². The first-order chi connectivity index (χ1) is 17.0. The Morgan fingerprint density at radius 1 is 1.00 bits per heavy atom. The van der Waals surface area contributed by atoms with Crippen LogP contribution in [0.15, 0.2) is 35.1 Å². The van der Waals surface area contributed by atoms with Gasteiger partial charge in [0.2, 0.25) is 0 Å². The summed E-state index contributed by atoms with van der Waals surface area (Å²) in [4.78, 5) is 19.6. The molecule has 0 unspecified atom stereocenters. The van der Waals surface area contributed by atoms with E-state index in [0.29, 0.717) is 6.04 Å². The van der Waals surface area contributed by atoms with Crippen molar-refractivity contribution in [1.82, 2.24) is 20.2 Å². The molecule has 7 nitrogen and oxygen atoms in total. The first-order valence-electron chi connectivity index (χ1n) is 13.2. The largest absolute Gasteiger partial charge is 0.504 e. The molecule has 5 N–H and O–H groups in total. The third-order valence-corrected chi connectivity index (χ3v) is 7.29. The van der Waals surface area contributed by atoms with Crippen molar-refractivity contribution in [2.24, 2.45) is 0 Å². The fraction of sp³-hybridized carbons (Fsp3) is 0.536. The van der Waals surface area contributed by atoms with Crippen LogP contribution < -0.4 is 11.0 Å².